The van der Waals surface area contributed by atoms with E-state index in [4.69, 9.17) is 36.4 Å². The highest BCUT2D eigenvalue weighted by Gasteiger charge is 2.35. The Balaban J connectivity index is 1.28. The summed E-state index contributed by atoms with van der Waals surface area (Å²) in [5.41, 5.74) is 6.98. The highest BCUT2D eigenvalue weighted by molar-refractivity contribution is 7.79. The first kappa shape index (κ1) is 44.6. The number of hydrogen-bond donors (Lipinski definition) is 1. The highest BCUT2D eigenvalue weighted by atomic mass is 32.1. The fraction of sp³-hybridized carbons (Fsp3) is 0.435. The first-order valence-electron chi connectivity index (χ1n) is 20.8. The van der Waals surface area contributed by atoms with E-state index in [1.165, 1.54) is 22.4 Å². The second-order valence-electron chi connectivity index (χ2n) is 16.8. The fourth-order valence-electron chi connectivity index (χ4n) is 8.12. The number of thiocarbonyl (C=S) groups is 1. The normalized spacial score (nSPS) is 18.5. The van der Waals surface area contributed by atoms with Crippen LogP contribution in [0.25, 0.3) is 33.4 Å². The zero-order valence-electron chi connectivity index (χ0n) is 36.1. The van der Waals surface area contributed by atoms with Crippen LogP contribution in [0.15, 0.2) is 70.8 Å². The van der Waals surface area contributed by atoms with E-state index in [0.717, 1.165) is 44.6 Å². The Morgan fingerprint density at radius 2 is 1.98 bits per heavy atom. The summed E-state index contributed by atoms with van der Waals surface area (Å²) >= 11 is 6.79. The molecule has 1 N–H and O–H groups in total. The molecule has 3 amide bonds. The predicted molar refractivity (Wildman–Crippen MR) is 243 cm³/mol. The van der Waals surface area contributed by atoms with Crippen molar-refractivity contribution in [3.05, 3.63) is 82.0 Å². The number of hydrogen-bond acceptors (Lipinski definition) is 12. The average Bonchev–Trinajstić information content (AvgIpc) is 3.84. The predicted octanol–water partition coefficient (Wildman–Crippen LogP) is 6.41. The lowest BCUT2D eigenvalue weighted by Gasteiger charge is -2.38. The molecule has 1 aromatic carbocycles. The molecule has 3 aromatic heterocycles. The average molecular weight is 880 g/mol. The van der Waals surface area contributed by atoms with Crippen molar-refractivity contribution in [2.24, 2.45) is 10.5 Å². The van der Waals surface area contributed by atoms with Crippen molar-refractivity contribution in [1.82, 2.24) is 29.8 Å². The van der Waals surface area contributed by atoms with Crippen LogP contribution in [-0.2, 0) is 52.8 Å². The number of hydrazone groups is 1. The number of aryl methyl sites for hydroxylation is 1. The number of cyclic esters (lactones) is 1. The molecular formula is C46H53N7O7S2. The Kier molecular flexibility index (Phi) is 13.6. The summed E-state index contributed by atoms with van der Waals surface area (Å²) in [4.78, 5) is 65.5. The summed E-state index contributed by atoms with van der Waals surface area (Å²) < 4.78 is 20.1. The molecule has 2 atom stereocenters. The van der Waals surface area contributed by atoms with Crippen molar-refractivity contribution < 1.29 is 33.4 Å². The van der Waals surface area contributed by atoms with Crippen molar-refractivity contribution >= 4 is 69.2 Å². The molecule has 16 heteroatoms. The summed E-state index contributed by atoms with van der Waals surface area (Å²) in [7, 11) is 1.62. The molecular weight excluding hydrogens is 827 g/mol. The molecule has 4 aromatic rings. The van der Waals surface area contributed by atoms with E-state index in [1.807, 2.05) is 31.4 Å². The van der Waals surface area contributed by atoms with E-state index in [9.17, 15) is 19.2 Å². The first-order chi connectivity index (χ1) is 29.7. The van der Waals surface area contributed by atoms with Gasteiger partial charge in [0, 0.05) is 96.1 Å². The molecule has 1 fully saturated rings. The summed E-state index contributed by atoms with van der Waals surface area (Å²) in [6.45, 7) is 15.2. The molecule has 62 heavy (non-hydrogen) atoms. The lowest BCUT2D eigenvalue weighted by atomic mass is 9.84. The third kappa shape index (κ3) is 9.33. The van der Waals surface area contributed by atoms with Crippen LogP contribution in [0.5, 0.6) is 0 Å². The van der Waals surface area contributed by atoms with Gasteiger partial charge < -0.3 is 29.0 Å². The van der Waals surface area contributed by atoms with Crippen LogP contribution >= 0.6 is 23.6 Å². The number of nitrogens with zero attached hydrogens (tertiary/aromatic N) is 6. The molecule has 326 valence electrons. The van der Waals surface area contributed by atoms with E-state index in [1.54, 1.807) is 23.6 Å². The number of aromatic nitrogens is 3. The van der Waals surface area contributed by atoms with Gasteiger partial charge in [0.2, 0.25) is 11.8 Å². The molecule has 6 heterocycles. The molecule has 3 aliphatic heterocycles. The van der Waals surface area contributed by atoms with Crippen LogP contribution in [-0.4, -0.2) is 111 Å². The maximum absolute atomic E-state index is 14.4. The number of rotatable bonds is 11. The summed E-state index contributed by atoms with van der Waals surface area (Å²) in [6.07, 6.45) is 3.72. The second-order valence-corrected chi connectivity index (χ2v) is 18.0. The van der Waals surface area contributed by atoms with E-state index >= 15 is 0 Å². The van der Waals surface area contributed by atoms with Crippen LogP contribution in [0.3, 0.4) is 0 Å². The minimum atomic E-state index is -1.07. The number of benzene rings is 1. The molecule has 0 radical (unpaired) electrons. The van der Waals surface area contributed by atoms with Gasteiger partial charge in [0.05, 0.1) is 41.4 Å². The number of methoxy groups -OCH3 is 1. The maximum atomic E-state index is 14.4. The van der Waals surface area contributed by atoms with Gasteiger partial charge in [-0.25, -0.2) is 14.8 Å². The summed E-state index contributed by atoms with van der Waals surface area (Å²) in [6, 6.07) is 9.20. The smallest absolute Gasteiger partial charge is 0.354 e. The molecule has 0 unspecified atom stereocenters. The van der Waals surface area contributed by atoms with Crippen molar-refractivity contribution in [1.29, 1.82) is 0 Å². The van der Waals surface area contributed by atoms with Gasteiger partial charge in [-0.05, 0) is 69.5 Å². The Hall–Kier alpha value is -5.42. The summed E-state index contributed by atoms with van der Waals surface area (Å²) in [5.74, 6) is -1.69. The molecule has 7 rings (SSSR count). The monoisotopic (exact) mass is 879 g/mol. The van der Waals surface area contributed by atoms with Gasteiger partial charge in [0.1, 0.15) is 17.9 Å². The third-order valence-electron chi connectivity index (χ3n) is 11.5. The number of thiazole rings is 1. The van der Waals surface area contributed by atoms with E-state index < -0.39 is 35.3 Å². The lowest BCUT2D eigenvalue weighted by Crippen LogP contribution is -2.54. The number of carbonyl (C=O) groups is 4. The van der Waals surface area contributed by atoms with Crippen LogP contribution in [0, 0.1) is 5.41 Å². The molecule has 1 saturated heterocycles. The molecule has 0 saturated carbocycles. The number of carbonyl (C=O) groups excluding carboxylic acids is 4. The number of amides is 3. The number of esters is 1. The van der Waals surface area contributed by atoms with Gasteiger partial charge in [0.25, 0.3) is 5.91 Å². The highest BCUT2D eigenvalue weighted by Crippen LogP contribution is 2.42. The molecule has 6 bridgehead atoms. The van der Waals surface area contributed by atoms with E-state index in [2.05, 4.69) is 60.5 Å². The summed E-state index contributed by atoms with van der Waals surface area (Å²) in [5, 5.41) is 14.0. The molecule has 0 spiro atoms. The molecule has 0 aliphatic carbocycles. The number of likely N-dealkylation sites (tertiary alicyclic amines) is 1. The maximum Gasteiger partial charge on any atom is 0.354 e. The van der Waals surface area contributed by atoms with Crippen LogP contribution in [0.2, 0.25) is 0 Å². The largest absolute Gasteiger partial charge is 0.461 e. The lowest BCUT2D eigenvalue weighted by molar-refractivity contribution is -0.139. The second kappa shape index (κ2) is 18.9. The molecule has 3 aliphatic rings. The zero-order valence-corrected chi connectivity index (χ0v) is 37.7. The van der Waals surface area contributed by atoms with Crippen LogP contribution < -0.4 is 5.32 Å². The minimum absolute atomic E-state index is 0.00113. The third-order valence-corrected chi connectivity index (χ3v) is 12.6. The van der Waals surface area contributed by atoms with Gasteiger partial charge in [-0.15, -0.1) is 11.3 Å². The van der Waals surface area contributed by atoms with Gasteiger partial charge in [-0.1, -0.05) is 44.3 Å². The Morgan fingerprint density at radius 3 is 2.69 bits per heavy atom. The minimum Gasteiger partial charge on any atom is -0.461 e. The Morgan fingerprint density at radius 1 is 1.19 bits per heavy atom. The fourth-order valence-corrected chi connectivity index (χ4v) is 9.21. The quantitative estimate of drug-likeness (QED) is 0.101. The molecule has 14 nitrogen and oxygen atoms in total. The van der Waals surface area contributed by atoms with Gasteiger partial charge in [-0.3, -0.25) is 19.4 Å². The van der Waals surface area contributed by atoms with Crippen molar-refractivity contribution in [3.8, 4) is 22.5 Å². The topological polar surface area (TPSA) is 158 Å². The van der Waals surface area contributed by atoms with Crippen molar-refractivity contribution in [3.63, 3.8) is 0 Å². The van der Waals surface area contributed by atoms with Crippen molar-refractivity contribution in [2.75, 3.05) is 40.0 Å². The number of allylic oxidation sites excluding steroid dienone is 1. The Bertz CT molecular complexity index is 2480. The SMILES string of the molecule is C=CC(=O)N1CC(OCC(C(=O)N[C@H]2Cc3nc(cs3)-c3ccc4c(c3)c(c(-c3cccnc3[C@H](C=S)OC)n4CC)CC(C)(C)COC(=O)C3=NN(CCC3)C2=O)=C(C)C)C1. The van der Waals surface area contributed by atoms with E-state index in [-0.39, 0.29) is 43.9 Å². The number of ether oxygens (including phenoxy) is 3. The number of fused-ring (bicyclic) bond motifs is 5. The number of nitrogens with one attached hydrogen (secondary N) is 1. The van der Waals surface area contributed by atoms with Crippen LogP contribution in [0.4, 0.5) is 0 Å². The van der Waals surface area contributed by atoms with Gasteiger partial charge >= 0.3 is 5.97 Å². The standard InChI is InChI=1S/C46H53N7O7S2/c1-8-40(54)51-21-29(22-51)59-23-33(27(3)4)43(55)49-35-19-39-48-36(25-62-39)28-14-15-37-31(18-28)32(42(52(37)9-2)30-12-10-16-47-41(30)38(24-61)58-7)20-46(5,6)26-60-45(57)34-13-11-17-53(50-34)44(35)56/h8,10,12,14-16,18,24-25,29,35,38H,1,9,11,13,17,19-23,26H2,2-7H3,(H,49,55)/t35-,38-/m0/s1. The van der Waals surface area contributed by atoms with E-state index in [0.29, 0.717) is 55.2 Å². The van der Waals surface area contributed by atoms with Gasteiger partial charge in [-0.2, -0.15) is 5.10 Å². The first-order valence-corrected chi connectivity index (χ1v) is 22.2. The van der Waals surface area contributed by atoms with Crippen molar-refractivity contribution in [2.45, 2.75) is 85.1 Å². The number of pyridine rings is 1. The Labute approximate surface area is 371 Å². The van der Waals surface area contributed by atoms with Gasteiger partial charge in [0.15, 0.2) is 0 Å². The van der Waals surface area contributed by atoms with Crippen LogP contribution in [0.1, 0.15) is 69.8 Å². The zero-order chi connectivity index (χ0) is 44.3.